The molecule has 5 heteroatoms. The van der Waals surface area contributed by atoms with Crippen LogP contribution in [0.25, 0.3) is 0 Å². The minimum atomic E-state index is -0.954. The molecule has 1 N–H and O–H groups in total. The summed E-state index contributed by atoms with van der Waals surface area (Å²) in [5.41, 5.74) is 1.26. The van der Waals surface area contributed by atoms with E-state index in [1.165, 1.54) is 18.4 Å². The van der Waals surface area contributed by atoms with Crippen LogP contribution in [-0.4, -0.2) is 23.2 Å². The van der Waals surface area contributed by atoms with E-state index in [4.69, 9.17) is 4.74 Å². The zero-order valence-corrected chi connectivity index (χ0v) is 12.5. The van der Waals surface area contributed by atoms with E-state index in [1.807, 2.05) is 44.2 Å². The van der Waals surface area contributed by atoms with Gasteiger partial charge in [0.15, 0.2) is 0 Å². The molecule has 0 atom stereocenters. The van der Waals surface area contributed by atoms with Crippen molar-refractivity contribution < 1.29 is 14.6 Å². The molecule has 1 aromatic carbocycles. The van der Waals surface area contributed by atoms with Crippen LogP contribution in [0.15, 0.2) is 30.3 Å². The van der Waals surface area contributed by atoms with Gasteiger partial charge < -0.3 is 9.84 Å². The number of carboxylic acids is 1. The third kappa shape index (κ3) is 2.73. The number of nitrogens with zero attached hydrogens (tertiary/aromatic N) is 1. The zero-order valence-electron chi connectivity index (χ0n) is 11.7. The molecule has 4 nitrogen and oxygen atoms in total. The Balaban J connectivity index is 2.47. The van der Waals surface area contributed by atoms with E-state index in [9.17, 15) is 9.90 Å². The van der Waals surface area contributed by atoms with Crippen molar-refractivity contribution in [2.75, 3.05) is 7.11 Å². The summed E-state index contributed by atoms with van der Waals surface area (Å²) in [7, 11) is 1.53. The van der Waals surface area contributed by atoms with Gasteiger partial charge in [-0.25, -0.2) is 9.78 Å². The van der Waals surface area contributed by atoms with Crippen LogP contribution < -0.4 is 0 Å². The number of thiazole rings is 1. The minimum Gasteiger partial charge on any atom is -0.477 e. The third-order valence-corrected chi connectivity index (χ3v) is 4.61. The highest BCUT2D eigenvalue weighted by atomic mass is 32.1. The number of aromatic nitrogens is 1. The van der Waals surface area contributed by atoms with Gasteiger partial charge in [-0.15, -0.1) is 11.3 Å². The van der Waals surface area contributed by atoms with Crippen LogP contribution in [0, 0.1) is 0 Å². The molecule has 0 saturated heterocycles. The molecule has 0 radical (unpaired) electrons. The molecular weight excluding hydrogens is 274 g/mol. The number of methoxy groups -OCH3 is 1. The van der Waals surface area contributed by atoms with E-state index < -0.39 is 5.97 Å². The second-order valence-electron chi connectivity index (χ2n) is 5.02. The van der Waals surface area contributed by atoms with Crippen molar-refractivity contribution in [1.82, 2.24) is 4.98 Å². The Hall–Kier alpha value is -1.72. The monoisotopic (exact) mass is 291 g/mol. The van der Waals surface area contributed by atoms with Gasteiger partial charge in [-0.1, -0.05) is 30.3 Å². The van der Waals surface area contributed by atoms with Gasteiger partial charge in [0.25, 0.3) is 0 Å². The predicted molar refractivity (Wildman–Crippen MR) is 78.4 cm³/mol. The second-order valence-corrected chi connectivity index (χ2v) is 6.02. The molecule has 2 rings (SSSR count). The molecular formula is C15H17NO3S. The fourth-order valence-electron chi connectivity index (χ4n) is 2.00. The van der Waals surface area contributed by atoms with Gasteiger partial charge in [-0.2, -0.15) is 0 Å². The molecule has 0 spiro atoms. The number of aromatic carboxylic acids is 1. The van der Waals surface area contributed by atoms with Gasteiger partial charge in [0.05, 0.1) is 12.3 Å². The van der Waals surface area contributed by atoms with Crippen LogP contribution in [0.2, 0.25) is 0 Å². The van der Waals surface area contributed by atoms with Gasteiger partial charge in [0.1, 0.15) is 9.88 Å². The summed E-state index contributed by atoms with van der Waals surface area (Å²) in [4.78, 5) is 16.0. The molecule has 0 aliphatic heterocycles. The van der Waals surface area contributed by atoms with Crippen molar-refractivity contribution in [1.29, 1.82) is 0 Å². The van der Waals surface area contributed by atoms with Crippen LogP contribution in [0.4, 0.5) is 0 Å². The summed E-state index contributed by atoms with van der Waals surface area (Å²) in [6.07, 6.45) is 0. The van der Waals surface area contributed by atoms with Gasteiger partial charge in [0, 0.05) is 12.5 Å². The van der Waals surface area contributed by atoms with E-state index in [2.05, 4.69) is 4.98 Å². The van der Waals surface area contributed by atoms with Crippen molar-refractivity contribution in [2.45, 2.75) is 25.9 Å². The Kier molecular flexibility index (Phi) is 4.20. The van der Waals surface area contributed by atoms with E-state index >= 15 is 0 Å². The Bertz CT molecular complexity index is 605. The van der Waals surface area contributed by atoms with E-state index in [1.54, 1.807) is 0 Å². The summed E-state index contributed by atoms with van der Waals surface area (Å²) < 4.78 is 5.03. The van der Waals surface area contributed by atoms with Gasteiger partial charge in [-0.3, -0.25) is 0 Å². The van der Waals surface area contributed by atoms with Gasteiger partial charge in [0.2, 0.25) is 0 Å². The quantitative estimate of drug-likeness (QED) is 0.918. The lowest BCUT2D eigenvalue weighted by Gasteiger charge is -2.22. The van der Waals surface area contributed by atoms with Crippen LogP contribution in [0.1, 0.15) is 39.8 Å². The summed E-state index contributed by atoms with van der Waals surface area (Å²) >= 11 is 1.22. The lowest BCUT2D eigenvalue weighted by atomic mass is 9.85. The zero-order chi connectivity index (χ0) is 14.8. The lowest BCUT2D eigenvalue weighted by Crippen LogP contribution is -2.18. The summed E-state index contributed by atoms with van der Waals surface area (Å²) in [6, 6.07) is 9.95. The number of carbonyl (C=O) groups is 1. The van der Waals surface area contributed by atoms with E-state index in [0.717, 1.165) is 10.6 Å². The molecule has 2 aromatic rings. The van der Waals surface area contributed by atoms with E-state index in [-0.39, 0.29) is 16.9 Å². The molecule has 0 aliphatic carbocycles. The number of hydrogen-bond acceptors (Lipinski definition) is 4. The van der Waals surface area contributed by atoms with Crippen molar-refractivity contribution in [2.24, 2.45) is 0 Å². The van der Waals surface area contributed by atoms with Crippen LogP contribution in [0.3, 0.4) is 0 Å². The maximum atomic E-state index is 11.3. The standard InChI is InChI=1S/C15H17NO3S/c1-15(2,10-7-5-4-6-8-10)14-16-11(9-19-3)12(20-14)13(17)18/h4-8H,9H2,1-3H3,(H,17,18). The van der Waals surface area contributed by atoms with Crippen molar-refractivity contribution in [3.8, 4) is 0 Å². The van der Waals surface area contributed by atoms with Gasteiger partial charge >= 0.3 is 5.97 Å². The molecule has 20 heavy (non-hydrogen) atoms. The summed E-state index contributed by atoms with van der Waals surface area (Å²) in [5.74, 6) is -0.954. The maximum Gasteiger partial charge on any atom is 0.347 e. The highest BCUT2D eigenvalue weighted by Gasteiger charge is 2.29. The molecule has 0 unspecified atom stereocenters. The topological polar surface area (TPSA) is 59.4 Å². The smallest absolute Gasteiger partial charge is 0.347 e. The fourth-order valence-corrected chi connectivity index (χ4v) is 3.03. The molecule has 0 amide bonds. The highest BCUT2D eigenvalue weighted by molar-refractivity contribution is 7.13. The normalized spacial score (nSPS) is 11.6. The maximum absolute atomic E-state index is 11.3. The SMILES string of the molecule is COCc1nc(C(C)(C)c2ccccc2)sc1C(=O)O. The van der Waals surface area contributed by atoms with Crippen molar-refractivity contribution in [3.63, 3.8) is 0 Å². The molecule has 0 saturated carbocycles. The Morgan fingerprint density at radius 2 is 2.00 bits per heavy atom. The summed E-state index contributed by atoms with van der Waals surface area (Å²) in [6.45, 7) is 4.30. The van der Waals surface area contributed by atoms with Gasteiger partial charge in [-0.05, 0) is 19.4 Å². The van der Waals surface area contributed by atoms with Crippen molar-refractivity contribution >= 4 is 17.3 Å². The number of hydrogen-bond donors (Lipinski definition) is 1. The molecule has 0 bridgehead atoms. The number of ether oxygens (including phenoxy) is 1. The fraction of sp³-hybridized carbons (Fsp3) is 0.333. The average Bonchev–Trinajstić information content (AvgIpc) is 2.85. The number of carboxylic acid groups (broad SMARTS) is 1. The number of benzene rings is 1. The third-order valence-electron chi connectivity index (χ3n) is 3.20. The Morgan fingerprint density at radius 1 is 1.35 bits per heavy atom. The van der Waals surface area contributed by atoms with Crippen LogP contribution in [-0.2, 0) is 16.8 Å². The highest BCUT2D eigenvalue weighted by Crippen LogP contribution is 2.35. The largest absolute Gasteiger partial charge is 0.477 e. The van der Waals surface area contributed by atoms with E-state index in [0.29, 0.717) is 5.69 Å². The molecule has 106 valence electrons. The first-order valence-electron chi connectivity index (χ1n) is 6.24. The minimum absolute atomic E-state index is 0.211. The molecule has 0 fully saturated rings. The molecule has 0 aliphatic rings. The Labute approximate surface area is 122 Å². The Morgan fingerprint density at radius 3 is 2.55 bits per heavy atom. The van der Waals surface area contributed by atoms with Crippen molar-refractivity contribution in [3.05, 3.63) is 51.5 Å². The first kappa shape index (κ1) is 14.7. The lowest BCUT2D eigenvalue weighted by molar-refractivity contribution is 0.0697. The van der Waals surface area contributed by atoms with Crippen LogP contribution in [0.5, 0.6) is 0 Å². The number of rotatable bonds is 5. The molecule has 1 aromatic heterocycles. The van der Waals surface area contributed by atoms with Crippen LogP contribution >= 0.6 is 11.3 Å². The molecule has 1 heterocycles. The first-order valence-corrected chi connectivity index (χ1v) is 7.06. The second kappa shape index (κ2) is 5.73. The first-order chi connectivity index (χ1) is 9.46. The summed E-state index contributed by atoms with van der Waals surface area (Å²) in [5, 5.41) is 10.0. The predicted octanol–water partition coefficient (Wildman–Crippen LogP) is 3.31. The average molecular weight is 291 g/mol.